The van der Waals surface area contributed by atoms with E-state index in [1.165, 1.54) is 24.2 Å². The first kappa shape index (κ1) is 14.2. The van der Waals surface area contributed by atoms with Crippen LogP contribution < -0.4 is 5.32 Å². The van der Waals surface area contributed by atoms with E-state index in [9.17, 15) is 4.79 Å². The molecular formula is C16H16N4O2S. The molecule has 1 N–H and O–H groups in total. The van der Waals surface area contributed by atoms with Crippen molar-refractivity contribution >= 4 is 23.1 Å². The van der Waals surface area contributed by atoms with E-state index < -0.39 is 0 Å². The molecule has 1 amide bonds. The molecule has 0 unspecified atom stereocenters. The number of thiazole rings is 1. The molecule has 1 aliphatic carbocycles. The number of carbonyl (C=O) groups excluding carboxylic acids is 1. The lowest BCUT2D eigenvalue weighted by Gasteiger charge is -2.14. The third-order valence-electron chi connectivity index (χ3n) is 4.11. The van der Waals surface area contributed by atoms with E-state index in [0.29, 0.717) is 23.5 Å². The van der Waals surface area contributed by atoms with Crippen LogP contribution in [0.25, 0.3) is 10.6 Å². The molecule has 0 saturated heterocycles. The van der Waals surface area contributed by atoms with Gasteiger partial charge in [-0.2, -0.15) is 5.10 Å². The summed E-state index contributed by atoms with van der Waals surface area (Å²) in [6, 6.07) is 3.95. The quantitative estimate of drug-likeness (QED) is 0.772. The van der Waals surface area contributed by atoms with Crippen molar-refractivity contribution in [2.75, 3.05) is 5.32 Å². The minimum absolute atomic E-state index is 0.222. The summed E-state index contributed by atoms with van der Waals surface area (Å²) in [5.74, 6) is 1.16. The Bertz CT molecular complexity index is 817. The van der Waals surface area contributed by atoms with Crippen LogP contribution in [-0.4, -0.2) is 20.7 Å². The molecule has 1 saturated carbocycles. The second kappa shape index (κ2) is 5.66. The molecule has 7 heteroatoms. The predicted octanol–water partition coefficient (Wildman–Crippen LogP) is 3.82. The van der Waals surface area contributed by atoms with E-state index >= 15 is 0 Å². The van der Waals surface area contributed by atoms with Crippen molar-refractivity contribution in [1.29, 1.82) is 0 Å². The van der Waals surface area contributed by atoms with E-state index in [1.807, 2.05) is 16.8 Å². The third-order valence-corrected chi connectivity index (χ3v) is 5.00. The number of furan rings is 1. The highest BCUT2D eigenvalue weighted by molar-refractivity contribution is 7.13. The Labute approximate surface area is 137 Å². The number of rotatable bonds is 5. The van der Waals surface area contributed by atoms with Gasteiger partial charge in [0.15, 0.2) is 0 Å². The molecule has 1 aliphatic rings. The maximum Gasteiger partial charge on any atom is 0.276 e. The third kappa shape index (κ3) is 2.79. The predicted molar refractivity (Wildman–Crippen MR) is 87.4 cm³/mol. The van der Waals surface area contributed by atoms with Crippen LogP contribution in [-0.2, 0) is 0 Å². The Balaban J connectivity index is 1.51. The van der Waals surface area contributed by atoms with Crippen molar-refractivity contribution < 1.29 is 9.21 Å². The van der Waals surface area contributed by atoms with E-state index in [0.717, 1.165) is 10.6 Å². The monoisotopic (exact) mass is 328 g/mol. The number of nitrogens with one attached hydrogen (secondary N) is 1. The van der Waals surface area contributed by atoms with Crippen LogP contribution in [0.4, 0.5) is 5.82 Å². The second-order valence-electron chi connectivity index (χ2n) is 5.74. The number of aromatic nitrogens is 3. The van der Waals surface area contributed by atoms with Crippen molar-refractivity contribution in [2.24, 2.45) is 5.92 Å². The lowest BCUT2D eigenvalue weighted by atomic mass is 10.2. The normalized spacial score (nSPS) is 15.5. The summed E-state index contributed by atoms with van der Waals surface area (Å²) in [4.78, 5) is 16.8. The van der Waals surface area contributed by atoms with Crippen LogP contribution in [0, 0.1) is 5.92 Å². The van der Waals surface area contributed by atoms with Gasteiger partial charge >= 0.3 is 0 Å². The van der Waals surface area contributed by atoms with Gasteiger partial charge in [-0.05, 0) is 31.7 Å². The standard InChI is InChI=1S/C16H16N4O2S/c1-10(11-2-3-11)20-14(4-6-17-20)19-15(21)13-9-23-16(18-13)12-5-7-22-8-12/h4-11H,2-3H2,1H3,(H,19,21)/t10-/m0/s1. The first-order valence-corrected chi connectivity index (χ1v) is 8.43. The van der Waals surface area contributed by atoms with Crippen LogP contribution in [0.1, 0.15) is 36.3 Å². The van der Waals surface area contributed by atoms with E-state index in [1.54, 1.807) is 24.1 Å². The number of carbonyl (C=O) groups is 1. The van der Waals surface area contributed by atoms with Crippen molar-refractivity contribution in [2.45, 2.75) is 25.8 Å². The van der Waals surface area contributed by atoms with Gasteiger partial charge in [0.2, 0.25) is 0 Å². The van der Waals surface area contributed by atoms with Crippen LogP contribution in [0.15, 0.2) is 40.7 Å². The van der Waals surface area contributed by atoms with E-state index in [-0.39, 0.29) is 5.91 Å². The smallest absolute Gasteiger partial charge is 0.276 e. The SMILES string of the molecule is C[C@@H](C1CC1)n1nccc1NC(=O)c1csc(-c2ccoc2)n1. The summed E-state index contributed by atoms with van der Waals surface area (Å²) in [5, 5.41) is 9.77. The van der Waals surface area contributed by atoms with Gasteiger partial charge in [-0.3, -0.25) is 4.79 Å². The number of nitrogens with zero attached hydrogens (tertiary/aromatic N) is 3. The van der Waals surface area contributed by atoms with Crippen molar-refractivity contribution in [3.8, 4) is 10.6 Å². The zero-order valence-corrected chi connectivity index (χ0v) is 13.4. The Morgan fingerprint density at radius 3 is 3.09 bits per heavy atom. The van der Waals surface area contributed by atoms with Gasteiger partial charge in [-0.1, -0.05) is 0 Å². The average Bonchev–Trinajstić information content (AvgIpc) is 3.00. The zero-order chi connectivity index (χ0) is 15.8. The molecule has 23 heavy (non-hydrogen) atoms. The molecule has 0 bridgehead atoms. The molecule has 1 fully saturated rings. The van der Waals surface area contributed by atoms with Crippen LogP contribution in [0.3, 0.4) is 0 Å². The first-order chi connectivity index (χ1) is 11.2. The first-order valence-electron chi connectivity index (χ1n) is 7.55. The summed E-state index contributed by atoms with van der Waals surface area (Å²) in [6.45, 7) is 2.14. The Morgan fingerprint density at radius 1 is 1.48 bits per heavy atom. The fourth-order valence-corrected chi connectivity index (χ4v) is 3.38. The molecule has 118 valence electrons. The van der Waals surface area contributed by atoms with Gasteiger partial charge in [0.25, 0.3) is 5.91 Å². The molecule has 4 rings (SSSR count). The van der Waals surface area contributed by atoms with Gasteiger partial charge in [0.1, 0.15) is 22.8 Å². The molecule has 3 heterocycles. The van der Waals surface area contributed by atoms with Crippen LogP contribution in [0.5, 0.6) is 0 Å². The highest BCUT2D eigenvalue weighted by Gasteiger charge is 2.30. The molecular weight excluding hydrogens is 312 g/mol. The van der Waals surface area contributed by atoms with Crippen LogP contribution in [0.2, 0.25) is 0 Å². The van der Waals surface area contributed by atoms with Crippen LogP contribution >= 0.6 is 11.3 Å². The number of anilines is 1. The fraction of sp³-hybridized carbons (Fsp3) is 0.312. The van der Waals surface area contributed by atoms with E-state index in [2.05, 4.69) is 22.3 Å². The molecule has 0 spiro atoms. The maximum atomic E-state index is 12.4. The minimum Gasteiger partial charge on any atom is -0.472 e. The highest BCUT2D eigenvalue weighted by atomic mass is 32.1. The summed E-state index contributed by atoms with van der Waals surface area (Å²) >= 11 is 1.42. The van der Waals surface area contributed by atoms with Gasteiger partial charge in [0.05, 0.1) is 18.5 Å². The summed E-state index contributed by atoms with van der Waals surface area (Å²) < 4.78 is 6.94. The molecule has 3 aromatic heterocycles. The molecule has 0 aromatic carbocycles. The maximum absolute atomic E-state index is 12.4. The van der Waals surface area contributed by atoms with Crippen molar-refractivity contribution in [3.05, 3.63) is 41.9 Å². The fourth-order valence-electron chi connectivity index (χ4n) is 2.59. The highest BCUT2D eigenvalue weighted by Crippen LogP contribution is 2.40. The number of amides is 1. The molecule has 3 aromatic rings. The van der Waals surface area contributed by atoms with E-state index in [4.69, 9.17) is 4.42 Å². The lowest BCUT2D eigenvalue weighted by molar-refractivity contribution is 0.102. The second-order valence-corrected chi connectivity index (χ2v) is 6.60. The minimum atomic E-state index is -0.222. The average molecular weight is 328 g/mol. The molecule has 0 aliphatic heterocycles. The summed E-state index contributed by atoms with van der Waals surface area (Å²) in [5.41, 5.74) is 1.28. The zero-order valence-electron chi connectivity index (χ0n) is 12.6. The van der Waals surface area contributed by atoms with Crippen molar-refractivity contribution in [3.63, 3.8) is 0 Å². The number of hydrogen-bond acceptors (Lipinski definition) is 5. The summed E-state index contributed by atoms with van der Waals surface area (Å²) in [6.07, 6.45) is 7.39. The number of hydrogen-bond donors (Lipinski definition) is 1. The molecule has 0 radical (unpaired) electrons. The van der Waals surface area contributed by atoms with Gasteiger partial charge < -0.3 is 9.73 Å². The van der Waals surface area contributed by atoms with Gasteiger partial charge in [0, 0.05) is 17.0 Å². The topological polar surface area (TPSA) is 73.0 Å². The summed E-state index contributed by atoms with van der Waals surface area (Å²) in [7, 11) is 0. The Hall–Kier alpha value is -2.41. The lowest BCUT2D eigenvalue weighted by Crippen LogP contribution is -2.18. The molecule has 1 atom stereocenters. The van der Waals surface area contributed by atoms with Gasteiger partial charge in [-0.25, -0.2) is 9.67 Å². The molecule has 6 nitrogen and oxygen atoms in total. The Kier molecular flexibility index (Phi) is 3.49. The largest absolute Gasteiger partial charge is 0.472 e. The Morgan fingerprint density at radius 2 is 2.35 bits per heavy atom. The van der Waals surface area contributed by atoms with Gasteiger partial charge in [-0.15, -0.1) is 11.3 Å². The van der Waals surface area contributed by atoms with Crippen molar-refractivity contribution in [1.82, 2.24) is 14.8 Å².